The first-order valence-corrected chi connectivity index (χ1v) is 9.56. The lowest BCUT2D eigenvalue weighted by Gasteiger charge is -2.44. The number of piperidine rings is 1. The fraction of sp³-hybridized carbons (Fsp3) is 0.524. The van der Waals surface area contributed by atoms with Crippen molar-refractivity contribution >= 4 is 18.0 Å². The van der Waals surface area contributed by atoms with Crippen molar-refractivity contribution in [2.45, 2.75) is 44.6 Å². The van der Waals surface area contributed by atoms with Crippen molar-refractivity contribution < 1.29 is 23.5 Å². The summed E-state index contributed by atoms with van der Waals surface area (Å²) in [6, 6.07) is 4.69. The zero-order valence-electron chi connectivity index (χ0n) is 15.7. The quantitative estimate of drug-likeness (QED) is 0.583. The zero-order chi connectivity index (χ0) is 19.2. The number of hydrogen-bond donors (Lipinski definition) is 0. The van der Waals surface area contributed by atoms with E-state index in [2.05, 4.69) is 0 Å². The fourth-order valence-electron chi connectivity index (χ4n) is 4.15. The molecule has 0 N–H and O–H groups in total. The summed E-state index contributed by atoms with van der Waals surface area (Å²) in [4.78, 5) is 26.3. The van der Waals surface area contributed by atoms with Gasteiger partial charge in [-0.25, -0.2) is 9.18 Å². The van der Waals surface area contributed by atoms with Gasteiger partial charge in [-0.05, 0) is 55.4 Å². The molecule has 1 aliphatic carbocycles. The van der Waals surface area contributed by atoms with Crippen LogP contribution in [0.4, 0.5) is 4.39 Å². The number of likely N-dealkylation sites (tertiary alicyclic amines) is 1. The normalized spacial score (nSPS) is 22.4. The fourth-order valence-corrected chi connectivity index (χ4v) is 4.15. The van der Waals surface area contributed by atoms with Crippen LogP contribution >= 0.6 is 0 Å². The lowest BCUT2D eigenvalue weighted by Crippen LogP contribution is -2.50. The van der Waals surface area contributed by atoms with Gasteiger partial charge >= 0.3 is 5.97 Å². The maximum Gasteiger partial charge on any atom is 0.331 e. The van der Waals surface area contributed by atoms with Gasteiger partial charge in [0, 0.05) is 18.7 Å². The van der Waals surface area contributed by atoms with Gasteiger partial charge in [-0.15, -0.1) is 0 Å². The number of methoxy groups -OCH3 is 1. The highest BCUT2D eigenvalue weighted by Crippen LogP contribution is 2.35. The Morgan fingerprint density at radius 3 is 2.78 bits per heavy atom. The Kier molecular flexibility index (Phi) is 6.48. The van der Waals surface area contributed by atoms with E-state index < -0.39 is 11.8 Å². The van der Waals surface area contributed by atoms with Crippen molar-refractivity contribution in [2.24, 2.45) is 5.92 Å². The molecule has 1 aromatic carbocycles. The smallest absolute Gasteiger partial charge is 0.331 e. The van der Waals surface area contributed by atoms with E-state index >= 15 is 0 Å². The predicted octanol–water partition coefficient (Wildman–Crippen LogP) is 3.57. The van der Waals surface area contributed by atoms with E-state index in [9.17, 15) is 14.0 Å². The second-order valence-electron chi connectivity index (χ2n) is 7.18. The number of carbonyl (C=O) groups excluding carboxylic acids is 2. The van der Waals surface area contributed by atoms with Crippen LogP contribution in [0.3, 0.4) is 0 Å². The molecule has 3 rings (SSSR count). The third-order valence-electron chi connectivity index (χ3n) is 5.49. The molecule has 1 aromatic rings. The number of ether oxygens (including phenoxy) is 2. The minimum Gasteiger partial charge on any atom is -0.494 e. The van der Waals surface area contributed by atoms with Crippen LogP contribution in [0.15, 0.2) is 24.3 Å². The predicted molar refractivity (Wildman–Crippen MR) is 99.6 cm³/mol. The third-order valence-corrected chi connectivity index (χ3v) is 5.49. The Morgan fingerprint density at radius 1 is 1.22 bits per heavy atom. The van der Waals surface area contributed by atoms with Crippen molar-refractivity contribution in [1.82, 2.24) is 4.90 Å². The lowest BCUT2D eigenvalue weighted by molar-refractivity contribution is -0.151. The molecule has 0 radical (unpaired) electrons. The van der Waals surface area contributed by atoms with Gasteiger partial charge in [0.1, 0.15) is 0 Å². The van der Waals surface area contributed by atoms with Crippen molar-refractivity contribution in [1.29, 1.82) is 0 Å². The van der Waals surface area contributed by atoms with Crippen molar-refractivity contribution in [2.75, 3.05) is 20.3 Å². The molecule has 2 atom stereocenters. The molecule has 0 aromatic heterocycles. The summed E-state index contributed by atoms with van der Waals surface area (Å²) in [6.07, 6.45) is 9.50. The Labute approximate surface area is 159 Å². The van der Waals surface area contributed by atoms with E-state index in [4.69, 9.17) is 9.47 Å². The minimum atomic E-state index is -0.614. The highest BCUT2D eigenvalue weighted by molar-refractivity contribution is 5.89. The van der Waals surface area contributed by atoms with Gasteiger partial charge in [0.25, 0.3) is 5.91 Å². The first-order chi connectivity index (χ1) is 13.1. The van der Waals surface area contributed by atoms with Gasteiger partial charge in [0.05, 0.1) is 7.11 Å². The minimum absolute atomic E-state index is 0.121. The third kappa shape index (κ3) is 4.87. The Bertz CT molecular complexity index is 716. The molecule has 0 bridgehead atoms. The van der Waals surface area contributed by atoms with Crippen molar-refractivity contribution in [3.63, 3.8) is 0 Å². The number of fused-ring (bicyclic) bond motifs is 1. The second kappa shape index (κ2) is 9.02. The largest absolute Gasteiger partial charge is 0.494 e. The Balaban J connectivity index is 1.51. The summed E-state index contributed by atoms with van der Waals surface area (Å²) in [7, 11) is 1.39. The molecule has 2 fully saturated rings. The summed E-state index contributed by atoms with van der Waals surface area (Å²) >= 11 is 0. The molecule has 1 saturated carbocycles. The van der Waals surface area contributed by atoms with Crippen LogP contribution in [0.25, 0.3) is 6.08 Å². The van der Waals surface area contributed by atoms with E-state index in [1.54, 1.807) is 6.07 Å². The van der Waals surface area contributed by atoms with Gasteiger partial charge in [-0.3, -0.25) is 4.79 Å². The van der Waals surface area contributed by atoms with E-state index in [-0.39, 0.29) is 18.3 Å². The monoisotopic (exact) mass is 375 g/mol. The summed E-state index contributed by atoms with van der Waals surface area (Å²) in [6.45, 7) is 0.502. The molecule has 2 aliphatic rings. The molecule has 27 heavy (non-hydrogen) atoms. The highest BCUT2D eigenvalue weighted by Gasteiger charge is 2.35. The van der Waals surface area contributed by atoms with Crippen LogP contribution in [-0.4, -0.2) is 43.1 Å². The Morgan fingerprint density at radius 2 is 2.00 bits per heavy atom. The summed E-state index contributed by atoms with van der Waals surface area (Å²) in [5.41, 5.74) is 0.512. The van der Waals surface area contributed by atoms with Crippen LogP contribution in [0.5, 0.6) is 5.75 Å². The molecule has 5 nitrogen and oxygen atoms in total. The molecule has 1 amide bonds. The number of carbonyl (C=O) groups is 2. The van der Waals surface area contributed by atoms with Gasteiger partial charge in [-0.2, -0.15) is 0 Å². The number of esters is 1. The lowest BCUT2D eigenvalue weighted by atomic mass is 9.78. The van der Waals surface area contributed by atoms with Crippen molar-refractivity contribution in [3.05, 3.63) is 35.7 Å². The second-order valence-corrected chi connectivity index (χ2v) is 7.18. The van der Waals surface area contributed by atoms with Gasteiger partial charge < -0.3 is 14.4 Å². The topological polar surface area (TPSA) is 55.8 Å². The standard InChI is InChI=1S/C21H26FNO4/c1-26-19-10-8-15(13-17(19)22)9-11-21(25)27-14-20(24)23-12-4-6-16-5-2-3-7-18(16)23/h8-11,13,16,18H,2-7,12,14H2,1H3/b11-9+/t16-,18-/m1/s1. The maximum absolute atomic E-state index is 13.6. The zero-order valence-corrected chi connectivity index (χ0v) is 15.7. The number of halogens is 1. The number of amides is 1. The van der Waals surface area contributed by atoms with Gasteiger partial charge in [0.2, 0.25) is 0 Å². The van der Waals surface area contributed by atoms with Gasteiger partial charge in [-0.1, -0.05) is 18.9 Å². The highest BCUT2D eigenvalue weighted by atomic mass is 19.1. The first-order valence-electron chi connectivity index (χ1n) is 9.56. The average molecular weight is 375 g/mol. The SMILES string of the molecule is COc1ccc(/C=C/C(=O)OCC(=O)N2CCC[C@H]3CCCC[C@H]32)cc1F. The van der Waals surface area contributed by atoms with E-state index in [0.717, 1.165) is 25.8 Å². The number of benzene rings is 1. The first kappa shape index (κ1) is 19.4. The summed E-state index contributed by atoms with van der Waals surface area (Å²) < 4.78 is 23.6. The van der Waals surface area contributed by atoms with E-state index in [1.165, 1.54) is 50.7 Å². The molecular weight excluding hydrogens is 349 g/mol. The molecule has 1 aliphatic heterocycles. The molecule has 146 valence electrons. The summed E-state index contributed by atoms with van der Waals surface area (Å²) in [5, 5.41) is 0. The van der Waals surface area contributed by atoms with E-state index in [0.29, 0.717) is 17.5 Å². The molecular formula is C21H26FNO4. The maximum atomic E-state index is 13.6. The van der Waals surface area contributed by atoms with Crippen LogP contribution in [0.1, 0.15) is 44.1 Å². The molecule has 1 heterocycles. The molecule has 1 saturated heterocycles. The Hall–Kier alpha value is -2.37. The van der Waals surface area contributed by atoms with E-state index in [1.807, 2.05) is 4.90 Å². The number of rotatable bonds is 5. The molecule has 0 unspecified atom stereocenters. The van der Waals surface area contributed by atoms with Crippen LogP contribution in [0, 0.1) is 11.7 Å². The number of hydrogen-bond acceptors (Lipinski definition) is 4. The molecule has 6 heteroatoms. The summed E-state index contributed by atoms with van der Waals surface area (Å²) in [5.74, 6) is -0.504. The van der Waals surface area contributed by atoms with Crippen LogP contribution in [0.2, 0.25) is 0 Å². The average Bonchev–Trinajstić information content (AvgIpc) is 2.70. The molecule has 0 spiro atoms. The number of nitrogens with zero attached hydrogens (tertiary/aromatic N) is 1. The van der Waals surface area contributed by atoms with Gasteiger partial charge in [0.15, 0.2) is 18.2 Å². The van der Waals surface area contributed by atoms with Crippen molar-refractivity contribution in [3.8, 4) is 5.75 Å². The van der Waals surface area contributed by atoms with Crippen LogP contribution < -0.4 is 4.74 Å². The van der Waals surface area contributed by atoms with Crippen LogP contribution in [-0.2, 0) is 14.3 Å².